The third-order valence-electron chi connectivity index (χ3n) is 5.19. The number of ether oxygens (including phenoxy) is 1. The van der Waals surface area contributed by atoms with Gasteiger partial charge >= 0.3 is 0 Å². The van der Waals surface area contributed by atoms with Crippen molar-refractivity contribution in [1.82, 2.24) is 14.9 Å². The van der Waals surface area contributed by atoms with E-state index in [2.05, 4.69) is 37.0 Å². The van der Waals surface area contributed by atoms with Crippen LogP contribution in [0.1, 0.15) is 10.5 Å². The largest absolute Gasteiger partial charge is 0.378 e. The van der Waals surface area contributed by atoms with Gasteiger partial charge in [0, 0.05) is 51.2 Å². The number of pyridine rings is 2. The molecule has 148 valence electrons. The first-order chi connectivity index (χ1) is 13.7. The first-order valence-electron chi connectivity index (χ1n) is 9.69. The lowest BCUT2D eigenvalue weighted by Gasteiger charge is -2.33. The lowest BCUT2D eigenvalue weighted by Crippen LogP contribution is -2.44. The lowest BCUT2D eigenvalue weighted by molar-refractivity contribution is 0.102. The van der Waals surface area contributed by atoms with Crippen molar-refractivity contribution in [3.63, 3.8) is 0 Å². The van der Waals surface area contributed by atoms with E-state index in [-0.39, 0.29) is 5.91 Å². The summed E-state index contributed by atoms with van der Waals surface area (Å²) in [6.07, 6.45) is 3.38. The molecule has 1 amide bonds. The topological polar surface area (TPSA) is 73.8 Å². The Hall–Kier alpha value is -2.71. The van der Waals surface area contributed by atoms with Crippen LogP contribution >= 0.6 is 0 Å². The maximum atomic E-state index is 12.6. The first-order valence-corrected chi connectivity index (χ1v) is 9.69. The van der Waals surface area contributed by atoms with Gasteiger partial charge in [0.1, 0.15) is 11.5 Å². The van der Waals surface area contributed by atoms with E-state index in [1.807, 2.05) is 24.3 Å². The van der Waals surface area contributed by atoms with Crippen molar-refractivity contribution in [2.75, 3.05) is 74.6 Å². The smallest absolute Gasteiger partial charge is 0.274 e. The van der Waals surface area contributed by atoms with Gasteiger partial charge in [-0.1, -0.05) is 0 Å². The second-order valence-electron chi connectivity index (χ2n) is 7.15. The van der Waals surface area contributed by atoms with E-state index in [4.69, 9.17) is 4.74 Å². The Labute approximate surface area is 165 Å². The summed E-state index contributed by atoms with van der Waals surface area (Å²) in [6, 6.07) is 7.60. The predicted molar refractivity (Wildman–Crippen MR) is 109 cm³/mol. The third-order valence-corrected chi connectivity index (χ3v) is 5.19. The number of carbonyl (C=O) groups is 1. The molecule has 8 nitrogen and oxygen atoms in total. The molecule has 0 aromatic carbocycles. The Kier molecular flexibility index (Phi) is 5.68. The molecule has 2 saturated heterocycles. The molecule has 2 aromatic heterocycles. The van der Waals surface area contributed by atoms with Gasteiger partial charge in [-0.15, -0.1) is 0 Å². The number of amides is 1. The lowest BCUT2D eigenvalue weighted by atomic mass is 10.2. The Morgan fingerprint density at radius 3 is 2.50 bits per heavy atom. The summed E-state index contributed by atoms with van der Waals surface area (Å²) >= 11 is 0. The van der Waals surface area contributed by atoms with Crippen LogP contribution in [0.15, 0.2) is 36.7 Å². The highest BCUT2D eigenvalue weighted by Gasteiger charge is 2.16. The minimum atomic E-state index is -0.232. The predicted octanol–water partition coefficient (Wildman–Crippen LogP) is 1.32. The summed E-state index contributed by atoms with van der Waals surface area (Å²) < 4.78 is 5.39. The number of carbonyl (C=O) groups excluding carboxylic acids is 1. The average Bonchev–Trinajstić information content (AvgIpc) is 2.76. The molecule has 2 aliphatic heterocycles. The highest BCUT2D eigenvalue weighted by atomic mass is 16.5. The van der Waals surface area contributed by atoms with E-state index >= 15 is 0 Å². The van der Waals surface area contributed by atoms with Gasteiger partial charge in [-0.2, -0.15) is 0 Å². The van der Waals surface area contributed by atoms with Gasteiger partial charge in [-0.25, -0.2) is 4.98 Å². The molecule has 28 heavy (non-hydrogen) atoms. The molecule has 0 bridgehead atoms. The fourth-order valence-corrected chi connectivity index (χ4v) is 3.44. The molecule has 0 spiro atoms. The highest BCUT2D eigenvalue weighted by molar-refractivity contribution is 6.03. The molecular formula is C20H26N6O2. The highest BCUT2D eigenvalue weighted by Crippen LogP contribution is 2.19. The minimum Gasteiger partial charge on any atom is -0.378 e. The van der Waals surface area contributed by atoms with Crippen molar-refractivity contribution >= 4 is 23.1 Å². The van der Waals surface area contributed by atoms with Crippen LogP contribution in [0.2, 0.25) is 0 Å². The van der Waals surface area contributed by atoms with Crippen LogP contribution in [0.25, 0.3) is 0 Å². The van der Waals surface area contributed by atoms with Gasteiger partial charge in [0.05, 0.1) is 25.1 Å². The molecule has 0 aliphatic carbocycles. The summed E-state index contributed by atoms with van der Waals surface area (Å²) in [5.74, 6) is 0.711. The maximum Gasteiger partial charge on any atom is 0.274 e. The Balaban J connectivity index is 1.39. The molecule has 2 fully saturated rings. The van der Waals surface area contributed by atoms with Crippen LogP contribution < -0.4 is 15.1 Å². The van der Waals surface area contributed by atoms with E-state index in [0.29, 0.717) is 24.6 Å². The van der Waals surface area contributed by atoms with Crippen molar-refractivity contribution in [1.29, 1.82) is 0 Å². The number of nitrogens with one attached hydrogen (secondary N) is 1. The van der Waals surface area contributed by atoms with Gasteiger partial charge in [-0.05, 0) is 31.3 Å². The summed E-state index contributed by atoms with van der Waals surface area (Å²) in [5, 5.41) is 2.89. The fraction of sp³-hybridized carbons (Fsp3) is 0.450. The summed E-state index contributed by atoms with van der Waals surface area (Å²) in [6.45, 7) is 7.05. The van der Waals surface area contributed by atoms with Crippen LogP contribution in [0.3, 0.4) is 0 Å². The molecule has 0 radical (unpaired) electrons. The van der Waals surface area contributed by atoms with Crippen molar-refractivity contribution in [2.24, 2.45) is 0 Å². The zero-order chi connectivity index (χ0) is 19.3. The molecule has 0 saturated carbocycles. The second kappa shape index (κ2) is 8.53. The van der Waals surface area contributed by atoms with Gasteiger partial charge in [0.25, 0.3) is 5.91 Å². The number of likely N-dealkylation sites (N-methyl/N-ethyl adjacent to an activating group) is 1. The molecule has 8 heteroatoms. The van der Waals surface area contributed by atoms with Crippen molar-refractivity contribution in [3.05, 3.63) is 42.4 Å². The normalized spacial score (nSPS) is 18.2. The average molecular weight is 382 g/mol. The molecule has 4 heterocycles. The number of morpholine rings is 1. The number of rotatable bonds is 4. The maximum absolute atomic E-state index is 12.6. The van der Waals surface area contributed by atoms with E-state index in [9.17, 15) is 4.79 Å². The number of nitrogens with zero attached hydrogens (tertiary/aromatic N) is 5. The number of aromatic nitrogens is 2. The van der Waals surface area contributed by atoms with Crippen LogP contribution in [0.5, 0.6) is 0 Å². The second-order valence-corrected chi connectivity index (χ2v) is 7.15. The van der Waals surface area contributed by atoms with E-state index in [0.717, 1.165) is 50.8 Å². The Bertz CT molecular complexity index is 799. The van der Waals surface area contributed by atoms with Gasteiger partial charge in [0.15, 0.2) is 0 Å². The SMILES string of the molecule is CN1CCN(c2ccc(NC(=O)c3cc(N4CCOCC4)ccn3)cn2)CC1. The number of anilines is 3. The molecule has 0 atom stereocenters. The van der Waals surface area contributed by atoms with Crippen molar-refractivity contribution in [3.8, 4) is 0 Å². The monoisotopic (exact) mass is 382 g/mol. The number of hydrogen-bond donors (Lipinski definition) is 1. The van der Waals surface area contributed by atoms with Crippen LogP contribution in [-0.2, 0) is 4.74 Å². The van der Waals surface area contributed by atoms with E-state index in [1.54, 1.807) is 12.4 Å². The van der Waals surface area contributed by atoms with Gasteiger partial charge in [0.2, 0.25) is 0 Å². The molecular weight excluding hydrogens is 356 g/mol. The van der Waals surface area contributed by atoms with Crippen LogP contribution in [0, 0.1) is 0 Å². The zero-order valence-electron chi connectivity index (χ0n) is 16.2. The van der Waals surface area contributed by atoms with Crippen LogP contribution in [0.4, 0.5) is 17.2 Å². The van der Waals surface area contributed by atoms with Gasteiger partial charge < -0.3 is 24.8 Å². The van der Waals surface area contributed by atoms with Crippen molar-refractivity contribution in [2.45, 2.75) is 0 Å². The summed E-state index contributed by atoms with van der Waals surface area (Å²) in [7, 11) is 2.13. The quantitative estimate of drug-likeness (QED) is 0.855. The van der Waals surface area contributed by atoms with Crippen LogP contribution in [-0.4, -0.2) is 80.3 Å². The number of piperazine rings is 1. The summed E-state index contributed by atoms with van der Waals surface area (Å²) in [4.78, 5) is 28.1. The Morgan fingerprint density at radius 2 is 1.79 bits per heavy atom. The fourth-order valence-electron chi connectivity index (χ4n) is 3.44. The standard InChI is InChI=1S/C20H26N6O2/c1-24-6-8-26(9-7-24)19-3-2-16(15-22-19)23-20(27)18-14-17(4-5-21-18)25-10-12-28-13-11-25/h2-5,14-15H,6-13H2,1H3,(H,23,27). The molecule has 4 rings (SSSR count). The summed E-state index contributed by atoms with van der Waals surface area (Å²) in [5.41, 5.74) is 2.06. The van der Waals surface area contributed by atoms with Crippen molar-refractivity contribution < 1.29 is 9.53 Å². The number of hydrogen-bond acceptors (Lipinski definition) is 7. The molecule has 2 aliphatic rings. The molecule has 1 N–H and O–H groups in total. The van der Waals surface area contributed by atoms with E-state index in [1.165, 1.54) is 0 Å². The third kappa shape index (κ3) is 4.40. The van der Waals surface area contributed by atoms with Gasteiger partial charge in [-0.3, -0.25) is 9.78 Å². The molecule has 2 aromatic rings. The minimum absolute atomic E-state index is 0.232. The van der Waals surface area contributed by atoms with E-state index < -0.39 is 0 Å². The zero-order valence-corrected chi connectivity index (χ0v) is 16.2. The Morgan fingerprint density at radius 1 is 1.00 bits per heavy atom. The molecule has 0 unspecified atom stereocenters. The first kappa shape index (κ1) is 18.6.